The summed E-state index contributed by atoms with van der Waals surface area (Å²) in [5, 5.41) is 0. The van der Waals surface area contributed by atoms with Crippen molar-refractivity contribution in [3.63, 3.8) is 0 Å². The molecule has 100 valence electrons. The Labute approximate surface area is 116 Å². The first-order valence-corrected chi connectivity index (χ1v) is 7.92. The number of nitrogens with zero attached hydrogens (tertiary/aromatic N) is 1. The number of rotatable bonds is 3. The third-order valence-corrected chi connectivity index (χ3v) is 5.46. The second-order valence-corrected chi connectivity index (χ2v) is 7.10. The van der Waals surface area contributed by atoms with Crippen LogP contribution in [0.1, 0.15) is 6.42 Å². The average molecular weight is 334 g/mol. The SMILES string of the molecule is CN1CCC(NS(=O)(=O)c2ccc(N)cc2Br)C1. The third kappa shape index (κ3) is 3.03. The van der Waals surface area contributed by atoms with Gasteiger partial charge in [0.15, 0.2) is 0 Å². The molecule has 0 spiro atoms. The van der Waals surface area contributed by atoms with Crippen LogP contribution in [-0.2, 0) is 10.0 Å². The third-order valence-electron chi connectivity index (χ3n) is 2.96. The van der Waals surface area contributed by atoms with Crippen molar-refractivity contribution in [3.05, 3.63) is 22.7 Å². The summed E-state index contributed by atoms with van der Waals surface area (Å²) in [7, 11) is -1.51. The molecule has 1 saturated heterocycles. The lowest BCUT2D eigenvalue weighted by molar-refractivity contribution is 0.407. The van der Waals surface area contributed by atoms with E-state index < -0.39 is 10.0 Å². The van der Waals surface area contributed by atoms with Crippen molar-refractivity contribution < 1.29 is 8.42 Å². The van der Waals surface area contributed by atoms with E-state index in [4.69, 9.17) is 5.73 Å². The molecule has 0 saturated carbocycles. The van der Waals surface area contributed by atoms with Crippen molar-refractivity contribution in [1.29, 1.82) is 0 Å². The topological polar surface area (TPSA) is 75.4 Å². The number of nitrogens with one attached hydrogen (secondary N) is 1. The van der Waals surface area contributed by atoms with Crippen molar-refractivity contribution in [2.24, 2.45) is 0 Å². The molecule has 1 aromatic carbocycles. The molecule has 1 fully saturated rings. The van der Waals surface area contributed by atoms with Gasteiger partial charge in [-0.15, -0.1) is 0 Å². The smallest absolute Gasteiger partial charge is 0.241 e. The van der Waals surface area contributed by atoms with Crippen LogP contribution in [0, 0.1) is 0 Å². The first-order valence-electron chi connectivity index (χ1n) is 5.64. The summed E-state index contributed by atoms with van der Waals surface area (Å²) >= 11 is 3.23. The molecule has 2 rings (SSSR count). The maximum Gasteiger partial charge on any atom is 0.241 e. The van der Waals surface area contributed by atoms with Crippen LogP contribution in [0.25, 0.3) is 0 Å². The molecule has 0 radical (unpaired) electrons. The summed E-state index contributed by atoms with van der Waals surface area (Å²) in [5.74, 6) is 0. The number of nitrogens with two attached hydrogens (primary N) is 1. The number of likely N-dealkylation sites (tertiary alicyclic amines) is 1. The minimum Gasteiger partial charge on any atom is -0.399 e. The van der Waals surface area contributed by atoms with Crippen molar-refractivity contribution in [2.75, 3.05) is 25.9 Å². The van der Waals surface area contributed by atoms with Crippen LogP contribution in [0.15, 0.2) is 27.6 Å². The molecule has 1 heterocycles. The van der Waals surface area contributed by atoms with Crippen molar-refractivity contribution in [1.82, 2.24) is 9.62 Å². The minimum absolute atomic E-state index is 0.0237. The van der Waals surface area contributed by atoms with Gasteiger partial charge in [-0.05, 0) is 54.1 Å². The zero-order chi connectivity index (χ0) is 13.3. The van der Waals surface area contributed by atoms with Gasteiger partial charge in [0, 0.05) is 22.7 Å². The fraction of sp³-hybridized carbons (Fsp3) is 0.455. The molecule has 3 N–H and O–H groups in total. The maximum atomic E-state index is 12.2. The Hall–Kier alpha value is -0.630. The molecule has 7 heteroatoms. The Kier molecular flexibility index (Phi) is 3.96. The summed E-state index contributed by atoms with van der Waals surface area (Å²) in [5.41, 5.74) is 6.13. The first kappa shape index (κ1) is 13.8. The molecular weight excluding hydrogens is 318 g/mol. The molecule has 1 aliphatic heterocycles. The van der Waals surface area contributed by atoms with Gasteiger partial charge in [-0.25, -0.2) is 13.1 Å². The number of nitrogen functional groups attached to an aromatic ring is 1. The first-order chi connectivity index (χ1) is 8.38. The van der Waals surface area contributed by atoms with Gasteiger partial charge in [0.25, 0.3) is 0 Å². The van der Waals surface area contributed by atoms with E-state index >= 15 is 0 Å². The van der Waals surface area contributed by atoms with E-state index in [0.717, 1.165) is 19.5 Å². The second-order valence-electron chi connectivity index (χ2n) is 4.56. The normalized spacial score (nSPS) is 21.3. The van der Waals surface area contributed by atoms with Crippen LogP contribution < -0.4 is 10.5 Å². The Bertz CT molecular complexity index is 547. The molecule has 1 aromatic rings. The van der Waals surface area contributed by atoms with Crippen LogP contribution in [0.4, 0.5) is 5.69 Å². The standard InChI is InChI=1S/C11H16BrN3O2S/c1-15-5-4-9(7-15)14-18(16,17)11-3-2-8(13)6-10(11)12/h2-3,6,9,14H,4-5,7,13H2,1H3. The highest BCUT2D eigenvalue weighted by atomic mass is 79.9. The zero-order valence-corrected chi connectivity index (χ0v) is 12.5. The number of sulfonamides is 1. The van der Waals surface area contributed by atoms with Gasteiger partial charge < -0.3 is 10.6 Å². The molecule has 0 aliphatic carbocycles. The van der Waals surface area contributed by atoms with E-state index in [1.54, 1.807) is 12.1 Å². The molecule has 18 heavy (non-hydrogen) atoms. The van der Waals surface area contributed by atoms with Gasteiger partial charge in [-0.3, -0.25) is 0 Å². The lowest BCUT2D eigenvalue weighted by Gasteiger charge is -2.14. The van der Waals surface area contributed by atoms with Gasteiger partial charge in [0.2, 0.25) is 10.0 Å². The lowest BCUT2D eigenvalue weighted by Crippen LogP contribution is -2.36. The van der Waals surface area contributed by atoms with Gasteiger partial charge in [-0.1, -0.05) is 0 Å². The van der Waals surface area contributed by atoms with Crippen molar-refractivity contribution in [2.45, 2.75) is 17.4 Å². The van der Waals surface area contributed by atoms with E-state index in [9.17, 15) is 8.42 Å². The van der Waals surface area contributed by atoms with E-state index in [0.29, 0.717) is 10.2 Å². The molecule has 1 atom stereocenters. The van der Waals surface area contributed by atoms with Crippen molar-refractivity contribution in [3.8, 4) is 0 Å². The zero-order valence-electron chi connectivity index (χ0n) is 10.1. The Morgan fingerprint density at radius 2 is 2.22 bits per heavy atom. The van der Waals surface area contributed by atoms with E-state index in [2.05, 4.69) is 25.6 Å². The van der Waals surface area contributed by atoms with Crippen LogP contribution in [0.3, 0.4) is 0 Å². The Morgan fingerprint density at radius 3 is 2.78 bits per heavy atom. The number of benzene rings is 1. The monoisotopic (exact) mass is 333 g/mol. The highest BCUT2D eigenvalue weighted by Crippen LogP contribution is 2.24. The van der Waals surface area contributed by atoms with E-state index in [-0.39, 0.29) is 10.9 Å². The maximum absolute atomic E-state index is 12.2. The molecule has 1 unspecified atom stereocenters. The number of hydrogen-bond acceptors (Lipinski definition) is 4. The second kappa shape index (κ2) is 5.16. The van der Waals surface area contributed by atoms with Crippen LogP contribution in [0.2, 0.25) is 0 Å². The number of anilines is 1. The van der Waals surface area contributed by atoms with Crippen LogP contribution >= 0.6 is 15.9 Å². The molecule has 0 amide bonds. The van der Waals surface area contributed by atoms with Gasteiger partial charge in [-0.2, -0.15) is 0 Å². The number of halogens is 1. The van der Waals surface area contributed by atoms with Gasteiger partial charge >= 0.3 is 0 Å². The molecule has 5 nitrogen and oxygen atoms in total. The summed E-state index contributed by atoms with van der Waals surface area (Å²) in [6, 6.07) is 4.67. The predicted octanol–water partition coefficient (Wildman–Crippen LogP) is 1.01. The largest absolute Gasteiger partial charge is 0.399 e. The number of likely N-dealkylation sites (N-methyl/N-ethyl adjacent to an activating group) is 1. The minimum atomic E-state index is -3.49. The van der Waals surface area contributed by atoms with Crippen LogP contribution in [0.5, 0.6) is 0 Å². The fourth-order valence-electron chi connectivity index (χ4n) is 2.05. The van der Waals surface area contributed by atoms with Crippen LogP contribution in [-0.4, -0.2) is 39.5 Å². The molecular formula is C11H16BrN3O2S. The molecule has 1 aliphatic rings. The lowest BCUT2D eigenvalue weighted by atomic mass is 10.3. The van der Waals surface area contributed by atoms with Crippen molar-refractivity contribution >= 4 is 31.6 Å². The molecule has 0 bridgehead atoms. The summed E-state index contributed by atoms with van der Waals surface area (Å²) in [4.78, 5) is 2.33. The van der Waals surface area contributed by atoms with E-state index in [1.165, 1.54) is 6.07 Å². The molecule has 0 aromatic heterocycles. The van der Waals surface area contributed by atoms with Gasteiger partial charge in [0.1, 0.15) is 0 Å². The quantitative estimate of drug-likeness (QED) is 0.809. The fourth-order valence-corrected chi connectivity index (χ4v) is 4.41. The average Bonchev–Trinajstić information content (AvgIpc) is 2.62. The summed E-state index contributed by atoms with van der Waals surface area (Å²) in [6.07, 6.45) is 0.836. The predicted molar refractivity (Wildman–Crippen MR) is 74.8 cm³/mol. The van der Waals surface area contributed by atoms with Gasteiger partial charge in [0.05, 0.1) is 4.90 Å². The summed E-state index contributed by atoms with van der Waals surface area (Å²) < 4.78 is 27.7. The summed E-state index contributed by atoms with van der Waals surface area (Å²) in [6.45, 7) is 1.65. The Balaban J connectivity index is 2.20. The number of hydrogen-bond donors (Lipinski definition) is 2. The highest BCUT2D eigenvalue weighted by molar-refractivity contribution is 9.10. The Morgan fingerprint density at radius 1 is 1.50 bits per heavy atom. The highest BCUT2D eigenvalue weighted by Gasteiger charge is 2.26. The van der Waals surface area contributed by atoms with E-state index in [1.807, 2.05) is 7.05 Å².